The highest BCUT2D eigenvalue weighted by atomic mass is 16.5. The smallest absolute Gasteiger partial charge is 0.293 e. The molecule has 0 saturated carbocycles. The number of benzene rings is 1. The van der Waals surface area contributed by atoms with E-state index in [1.807, 2.05) is 6.07 Å². The van der Waals surface area contributed by atoms with E-state index in [2.05, 4.69) is 15.5 Å². The highest BCUT2D eigenvalue weighted by Gasteiger charge is 2.14. The minimum Gasteiger partial charge on any atom is -0.459 e. The maximum Gasteiger partial charge on any atom is 0.293 e. The molecule has 118 valence electrons. The minimum atomic E-state index is -0.332. The molecule has 0 bridgehead atoms. The molecule has 3 aromatic heterocycles. The summed E-state index contributed by atoms with van der Waals surface area (Å²) >= 11 is 0. The first kappa shape index (κ1) is 14.0. The number of carbonyl (C=O) groups is 1. The zero-order valence-corrected chi connectivity index (χ0v) is 12.3. The average Bonchev–Trinajstić information content (AvgIpc) is 3.36. The van der Waals surface area contributed by atoms with Crippen LogP contribution < -0.4 is 5.32 Å². The van der Waals surface area contributed by atoms with Crippen molar-refractivity contribution in [2.75, 3.05) is 5.32 Å². The van der Waals surface area contributed by atoms with Gasteiger partial charge < -0.3 is 18.7 Å². The van der Waals surface area contributed by atoms with E-state index >= 15 is 0 Å². The van der Waals surface area contributed by atoms with E-state index < -0.39 is 0 Å². The number of aromatic nitrogens is 2. The van der Waals surface area contributed by atoms with E-state index in [0.29, 0.717) is 28.7 Å². The van der Waals surface area contributed by atoms with Crippen LogP contribution in [0.4, 0.5) is 5.69 Å². The van der Waals surface area contributed by atoms with Crippen LogP contribution in [0.1, 0.15) is 10.6 Å². The molecule has 0 fully saturated rings. The second kappa shape index (κ2) is 5.88. The molecule has 1 aromatic carbocycles. The van der Waals surface area contributed by atoms with Gasteiger partial charge in [-0.05, 0) is 36.4 Å². The Hall–Kier alpha value is -3.61. The molecule has 3 heterocycles. The fourth-order valence-corrected chi connectivity index (χ4v) is 2.18. The number of carbonyl (C=O) groups excluding carboxylic acids is 1. The Morgan fingerprint density at radius 1 is 1.00 bits per heavy atom. The Morgan fingerprint density at radius 2 is 1.88 bits per heavy atom. The zero-order chi connectivity index (χ0) is 16.4. The van der Waals surface area contributed by atoms with Gasteiger partial charge in [0.2, 0.25) is 5.82 Å². The summed E-state index contributed by atoms with van der Waals surface area (Å²) in [4.78, 5) is 16.3. The fraction of sp³-hybridized carbons (Fsp3) is 0. The van der Waals surface area contributed by atoms with Gasteiger partial charge in [-0.3, -0.25) is 4.79 Å². The van der Waals surface area contributed by atoms with Gasteiger partial charge in [0.1, 0.15) is 0 Å². The fourth-order valence-electron chi connectivity index (χ4n) is 2.18. The van der Waals surface area contributed by atoms with Crippen LogP contribution in [0.5, 0.6) is 0 Å². The summed E-state index contributed by atoms with van der Waals surface area (Å²) < 4.78 is 15.5. The molecule has 4 aromatic rings. The van der Waals surface area contributed by atoms with Crippen molar-refractivity contribution in [2.24, 2.45) is 0 Å². The highest BCUT2D eigenvalue weighted by Crippen LogP contribution is 2.24. The summed E-state index contributed by atoms with van der Waals surface area (Å²) in [6.45, 7) is 0. The van der Waals surface area contributed by atoms with E-state index in [-0.39, 0.29) is 11.7 Å². The van der Waals surface area contributed by atoms with Gasteiger partial charge in [-0.2, -0.15) is 4.98 Å². The van der Waals surface area contributed by atoms with Crippen LogP contribution in [0.25, 0.3) is 23.0 Å². The van der Waals surface area contributed by atoms with Gasteiger partial charge in [-0.15, -0.1) is 0 Å². The topological polar surface area (TPSA) is 94.3 Å². The van der Waals surface area contributed by atoms with Crippen LogP contribution in [0, 0.1) is 0 Å². The molecule has 7 nitrogen and oxygen atoms in total. The summed E-state index contributed by atoms with van der Waals surface area (Å²) in [7, 11) is 0. The van der Waals surface area contributed by atoms with Crippen molar-refractivity contribution < 1.29 is 18.2 Å². The molecule has 24 heavy (non-hydrogen) atoms. The Bertz CT molecular complexity index is 956. The lowest BCUT2D eigenvalue weighted by molar-refractivity contribution is 0.0996. The van der Waals surface area contributed by atoms with Crippen LogP contribution >= 0.6 is 0 Å². The normalized spacial score (nSPS) is 10.7. The van der Waals surface area contributed by atoms with Gasteiger partial charge in [0.15, 0.2) is 11.5 Å². The summed E-state index contributed by atoms with van der Waals surface area (Å²) in [6.07, 6.45) is 2.98. The third kappa shape index (κ3) is 2.70. The van der Waals surface area contributed by atoms with Crippen molar-refractivity contribution in [3.8, 4) is 23.0 Å². The molecule has 0 unspecified atom stereocenters. The van der Waals surface area contributed by atoms with Crippen LogP contribution in [-0.2, 0) is 0 Å². The quantitative estimate of drug-likeness (QED) is 0.613. The highest BCUT2D eigenvalue weighted by molar-refractivity contribution is 6.02. The maximum absolute atomic E-state index is 12.0. The molecule has 0 saturated heterocycles. The number of amides is 1. The maximum atomic E-state index is 12.0. The number of hydrogen-bond acceptors (Lipinski definition) is 6. The number of nitrogens with zero attached hydrogens (tertiary/aromatic N) is 2. The number of nitrogens with one attached hydrogen (secondary N) is 1. The average molecular weight is 321 g/mol. The van der Waals surface area contributed by atoms with Gasteiger partial charge in [0.05, 0.1) is 12.5 Å². The van der Waals surface area contributed by atoms with Crippen LogP contribution in [0.2, 0.25) is 0 Å². The van der Waals surface area contributed by atoms with E-state index in [1.165, 1.54) is 12.5 Å². The summed E-state index contributed by atoms with van der Waals surface area (Å²) in [5, 5.41) is 6.69. The molecular weight excluding hydrogens is 310 g/mol. The lowest BCUT2D eigenvalue weighted by atomic mass is 10.2. The van der Waals surface area contributed by atoms with Crippen molar-refractivity contribution in [1.29, 1.82) is 0 Å². The Morgan fingerprint density at radius 3 is 2.67 bits per heavy atom. The molecule has 1 N–H and O–H groups in total. The molecule has 0 aliphatic carbocycles. The number of rotatable bonds is 4. The standard InChI is InChI=1S/C17H11N3O4/c21-16(13-6-2-8-22-13)18-12-5-1-4-11(10-12)15-19-17(24-20-15)14-7-3-9-23-14/h1-10H,(H,18,21). The third-order valence-electron chi connectivity index (χ3n) is 3.28. The largest absolute Gasteiger partial charge is 0.459 e. The van der Waals surface area contributed by atoms with Gasteiger partial charge in [-0.1, -0.05) is 17.3 Å². The first-order chi connectivity index (χ1) is 11.8. The Labute approximate surface area is 135 Å². The number of hydrogen-bond donors (Lipinski definition) is 1. The van der Waals surface area contributed by atoms with Gasteiger partial charge in [0, 0.05) is 11.3 Å². The van der Waals surface area contributed by atoms with Crippen molar-refractivity contribution >= 4 is 11.6 Å². The Balaban J connectivity index is 1.58. The van der Waals surface area contributed by atoms with Crippen molar-refractivity contribution in [3.05, 3.63) is 66.8 Å². The van der Waals surface area contributed by atoms with E-state index in [9.17, 15) is 4.79 Å². The van der Waals surface area contributed by atoms with Gasteiger partial charge in [0.25, 0.3) is 11.8 Å². The third-order valence-corrected chi connectivity index (χ3v) is 3.28. The second-order valence-electron chi connectivity index (χ2n) is 4.91. The van der Waals surface area contributed by atoms with E-state index in [0.717, 1.165) is 0 Å². The molecule has 7 heteroatoms. The molecule has 0 spiro atoms. The van der Waals surface area contributed by atoms with Gasteiger partial charge in [-0.25, -0.2) is 0 Å². The minimum absolute atomic E-state index is 0.236. The lowest BCUT2D eigenvalue weighted by Crippen LogP contribution is -2.10. The van der Waals surface area contributed by atoms with Crippen molar-refractivity contribution in [3.63, 3.8) is 0 Å². The van der Waals surface area contributed by atoms with Crippen molar-refractivity contribution in [2.45, 2.75) is 0 Å². The summed E-state index contributed by atoms with van der Waals surface area (Å²) in [5.74, 6) is 1.09. The molecule has 4 rings (SSSR count). The molecule has 0 aliphatic rings. The van der Waals surface area contributed by atoms with Gasteiger partial charge >= 0.3 is 0 Å². The predicted molar refractivity (Wildman–Crippen MR) is 84.1 cm³/mol. The molecule has 0 atom stereocenters. The van der Waals surface area contributed by atoms with Crippen LogP contribution in [-0.4, -0.2) is 16.0 Å². The zero-order valence-electron chi connectivity index (χ0n) is 12.3. The summed E-state index contributed by atoms with van der Waals surface area (Å²) in [6, 6.07) is 13.8. The molecule has 0 radical (unpaired) electrons. The number of anilines is 1. The van der Waals surface area contributed by atoms with E-state index in [1.54, 1.807) is 42.5 Å². The second-order valence-corrected chi connectivity index (χ2v) is 4.91. The number of furan rings is 2. The summed E-state index contributed by atoms with van der Waals surface area (Å²) in [5.41, 5.74) is 1.30. The Kier molecular flexibility index (Phi) is 3.43. The van der Waals surface area contributed by atoms with Crippen LogP contribution in [0.15, 0.2) is 74.4 Å². The monoisotopic (exact) mass is 321 g/mol. The first-order valence-electron chi connectivity index (χ1n) is 7.12. The predicted octanol–water partition coefficient (Wildman–Crippen LogP) is 3.84. The SMILES string of the molecule is O=C(Nc1cccc(-c2noc(-c3ccco3)n2)c1)c1ccco1. The molecule has 1 amide bonds. The lowest BCUT2D eigenvalue weighted by Gasteiger charge is -2.04. The van der Waals surface area contributed by atoms with Crippen LogP contribution in [0.3, 0.4) is 0 Å². The molecule has 0 aliphatic heterocycles. The first-order valence-corrected chi connectivity index (χ1v) is 7.12. The van der Waals surface area contributed by atoms with E-state index in [4.69, 9.17) is 13.4 Å². The molecular formula is C17H11N3O4. The van der Waals surface area contributed by atoms with Crippen molar-refractivity contribution in [1.82, 2.24) is 10.1 Å².